The Hall–Kier alpha value is -2.56. The number of thiazole rings is 1. The van der Waals surface area contributed by atoms with Gasteiger partial charge in [-0.2, -0.15) is 4.31 Å². The Balaban J connectivity index is 1.15. The molecule has 3 aromatic heterocycles. The summed E-state index contributed by atoms with van der Waals surface area (Å²) in [6.45, 7) is -1.94. The summed E-state index contributed by atoms with van der Waals surface area (Å²) in [6, 6.07) is 0. The lowest BCUT2D eigenvalue weighted by Gasteiger charge is -2.20. The van der Waals surface area contributed by atoms with E-state index < -0.39 is 83.8 Å². The zero-order valence-corrected chi connectivity index (χ0v) is 23.9. The first kappa shape index (κ1) is 31.9. The van der Waals surface area contributed by atoms with Crippen molar-refractivity contribution >= 4 is 49.9 Å². The van der Waals surface area contributed by atoms with E-state index in [1.54, 1.807) is 0 Å². The second-order valence-electron chi connectivity index (χ2n) is 9.20. The maximum Gasteiger partial charge on any atom is 0.481 e. The number of aliphatic hydroxyl groups is 3. The molecule has 0 radical (unpaired) electrons. The van der Waals surface area contributed by atoms with E-state index in [4.69, 9.17) is 20.9 Å². The number of aliphatic hydroxyl groups excluding tert-OH is 3. The molecule has 20 nitrogen and oxygen atoms in total. The standard InChI is InChI=1S/C19H24FN7O13P2S/c20-9-7(39-19(12(9)29)27-5-25-10-15(21)23-4-24-17(10)27)1-36-41(32,33)40-42(34,35)37-2-8-11(28)13(30)14(38-8)18-26-6(3-43-18)16(22)31/h3-5,7-9,11-14,19,28-30H,1-2H2,(H2,22,31)(H,32,33)(H,34,35)(H2,21,23,24)/t7-,8+,9-,11+,12-,13+,14?,19?/m0/s1. The number of ether oxygens (including phenoxy) is 2. The molecule has 2 saturated heterocycles. The molecule has 24 heteroatoms. The Morgan fingerprint density at radius 2 is 1.72 bits per heavy atom. The lowest BCUT2D eigenvalue weighted by Crippen LogP contribution is -2.33. The summed E-state index contributed by atoms with van der Waals surface area (Å²) < 4.78 is 65.0. The smallest absolute Gasteiger partial charge is 0.387 e. The highest BCUT2D eigenvalue weighted by Crippen LogP contribution is 2.61. The van der Waals surface area contributed by atoms with Gasteiger partial charge in [-0.05, 0) is 0 Å². The molecule has 3 aromatic rings. The van der Waals surface area contributed by atoms with E-state index in [2.05, 4.69) is 33.3 Å². The fourth-order valence-electron chi connectivity index (χ4n) is 4.26. The molecular formula is C19H24FN7O13P2S. The molecule has 43 heavy (non-hydrogen) atoms. The highest BCUT2D eigenvalue weighted by molar-refractivity contribution is 7.61. The van der Waals surface area contributed by atoms with Crippen molar-refractivity contribution < 1.29 is 66.3 Å². The van der Waals surface area contributed by atoms with Gasteiger partial charge in [0.2, 0.25) is 0 Å². The minimum atomic E-state index is -5.42. The van der Waals surface area contributed by atoms with Gasteiger partial charge in [-0.15, -0.1) is 11.3 Å². The number of carbonyl (C=O) groups excluding carboxylic acids is 1. The molecule has 236 valence electrons. The quantitative estimate of drug-likeness (QED) is 0.116. The molecule has 0 spiro atoms. The number of rotatable bonds is 11. The summed E-state index contributed by atoms with van der Waals surface area (Å²) in [4.78, 5) is 46.8. The Kier molecular flexibility index (Phi) is 8.95. The number of nitrogens with zero attached hydrogens (tertiary/aromatic N) is 5. The van der Waals surface area contributed by atoms with E-state index in [0.717, 1.165) is 17.7 Å². The van der Waals surface area contributed by atoms with E-state index in [9.17, 15) is 43.4 Å². The number of hydrogen-bond donors (Lipinski definition) is 7. The summed E-state index contributed by atoms with van der Waals surface area (Å²) in [6.07, 6.45) is -10.7. The summed E-state index contributed by atoms with van der Waals surface area (Å²) >= 11 is 0.899. The number of phosphoric acid groups is 2. The lowest BCUT2D eigenvalue weighted by molar-refractivity contribution is -0.0493. The van der Waals surface area contributed by atoms with Crippen LogP contribution >= 0.6 is 27.0 Å². The second-order valence-corrected chi connectivity index (χ2v) is 13.1. The zero-order chi connectivity index (χ0) is 31.3. The third-order valence-corrected chi connectivity index (χ3v) is 9.85. The van der Waals surface area contributed by atoms with Gasteiger partial charge in [0, 0.05) is 5.38 Å². The van der Waals surface area contributed by atoms with Gasteiger partial charge in [0.15, 0.2) is 23.9 Å². The summed E-state index contributed by atoms with van der Waals surface area (Å²) in [5, 5.41) is 32.3. The van der Waals surface area contributed by atoms with E-state index in [1.807, 2.05) is 0 Å². The Morgan fingerprint density at radius 3 is 2.37 bits per heavy atom. The molecule has 9 N–H and O–H groups in total. The number of imidazole rings is 1. The predicted molar refractivity (Wildman–Crippen MR) is 137 cm³/mol. The molecule has 2 aliphatic heterocycles. The van der Waals surface area contributed by atoms with Crippen molar-refractivity contribution in [2.45, 2.75) is 49.0 Å². The largest absolute Gasteiger partial charge is 0.481 e. The Labute approximate surface area is 243 Å². The third kappa shape index (κ3) is 6.61. The molecule has 2 aliphatic rings. The van der Waals surface area contributed by atoms with E-state index >= 15 is 0 Å². The monoisotopic (exact) mass is 671 g/mol. The molecule has 2 fully saturated rings. The molecule has 0 aromatic carbocycles. The predicted octanol–water partition coefficient (Wildman–Crippen LogP) is -1.33. The Morgan fingerprint density at radius 1 is 1.05 bits per heavy atom. The number of nitrogen functional groups attached to an aromatic ring is 1. The number of fused-ring (bicyclic) bond motifs is 1. The van der Waals surface area contributed by atoms with Crippen molar-refractivity contribution in [2.75, 3.05) is 18.9 Å². The molecule has 5 heterocycles. The van der Waals surface area contributed by atoms with Crippen LogP contribution in [0.2, 0.25) is 0 Å². The summed E-state index contributed by atoms with van der Waals surface area (Å²) in [5.41, 5.74) is 11.0. The van der Waals surface area contributed by atoms with Crippen molar-refractivity contribution in [1.82, 2.24) is 24.5 Å². The fourth-order valence-corrected chi connectivity index (χ4v) is 7.24. The molecule has 1 amide bonds. The van der Waals surface area contributed by atoms with Crippen LogP contribution in [0.15, 0.2) is 18.0 Å². The van der Waals surface area contributed by atoms with Crippen LogP contribution in [0.3, 0.4) is 0 Å². The fraction of sp³-hybridized carbons (Fsp3) is 0.526. The molecule has 5 rings (SSSR count). The first-order valence-corrected chi connectivity index (χ1v) is 15.9. The topological polar surface area (TPSA) is 307 Å². The zero-order valence-electron chi connectivity index (χ0n) is 21.3. The van der Waals surface area contributed by atoms with Crippen molar-refractivity contribution in [3.8, 4) is 0 Å². The number of hydrogen-bond acceptors (Lipinski definition) is 17. The number of nitrogens with two attached hydrogens (primary N) is 2. The van der Waals surface area contributed by atoms with E-state index in [-0.39, 0.29) is 27.7 Å². The van der Waals surface area contributed by atoms with Crippen LogP contribution in [-0.2, 0) is 32.0 Å². The van der Waals surface area contributed by atoms with Crippen LogP contribution in [0.25, 0.3) is 11.2 Å². The van der Waals surface area contributed by atoms with Gasteiger partial charge < -0.3 is 46.0 Å². The molecule has 10 atom stereocenters. The molecule has 0 saturated carbocycles. The van der Waals surface area contributed by atoms with Gasteiger partial charge >= 0.3 is 15.6 Å². The van der Waals surface area contributed by atoms with Crippen molar-refractivity contribution in [3.05, 3.63) is 28.7 Å². The summed E-state index contributed by atoms with van der Waals surface area (Å²) in [7, 11) is -10.8. The summed E-state index contributed by atoms with van der Waals surface area (Å²) in [5.74, 6) is -0.820. The maximum atomic E-state index is 14.8. The van der Waals surface area contributed by atoms with E-state index in [0.29, 0.717) is 0 Å². The average molecular weight is 671 g/mol. The number of alkyl halides is 1. The van der Waals surface area contributed by atoms with Gasteiger partial charge in [0.1, 0.15) is 59.2 Å². The third-order valence-electron chi connectivity index (χ3n) is 6.34. The SMILES string of the molecule is NC(=O)c1csc(C2O[C@H](COP(=O)(O)OP(=O)(O)OC[C@@H]3OC(n4cnc5c(N)ncnc54)[C@@H](O)[C@H]3F)[C@@H](O)[C@H]2O)n1. The van der Waals surface area contributed by atoms with Gasteiger partial charge in [0.25, 0.3) is 5.91 Å². The number of carbonyl (C=O) groups is 1. The van der Waals surface area contributed by atoms with Gasteiger partial charge in [0.05, 0.1) is 19.5 Å². The minimum absolute atomic E-state index is 0.0187. The second kappa shape index (κ2) is 12.1. The molecule has 4 unspecified atom stereocenters. The first-order chi connectivity index (χ1) is 20.2. The number of primary amides is 1. The lowest BCUT2D eigenvalue weighted by atomic mass is 10.1. The maximum absolute atomic E-state index is 14.8. The number of anilines is 1. The number of aromatic nitrogens is 5. The highest BCUT2D eigenvalue weighted by atomic mass is 32.1. The van der Waals surface area contributed by atoms with Crippen LogP contribution in [0.1, 0.15) is 27.8 Å². The first-order valence-electron chi connectivity index (χ1n) is 12.0. The van der Waals surface area contributed by atoms with E-state index in [1.165, 1.54) is 16.3 Å². The van der Waals surface area contributed by atoms with Crippen LogP contribution in [0, 0.1) is 0 Å². The number of amides is 1. The van der Waals surface area contributed by atoms with Crippen molar-refractivity contribution in [2.24, 2.45) is 5.73 Å². The number of phosphoric ester groups is 2. The molecule has 0 bridgehead atoms. The van der Waals surface area contributed by atoms with Gasteiger partial charge in [-0.1, -0.05) is 0 Å². The Bertz CT molecular complexity index is 1600. The van der Waals surface area contributed by atoms with Gasteiger partial charge in [-0.3, -0.25) is 18.4 Å². The molecule has 0 aliphatic carbocycles. The van der Waals surface area contributed by atoms with Crippen molar-refractivity contribution in [1.29, 1.82) is 0 Å². The van der Waals surface area contributed by atoms with Crippen LogP contribution in [-0.4, -0.2) is 105 Å². The molecular weight excluding hydrogens is 647 g/mol. The van der Waals surface area contributed by atoms with Gasteiger partial charge in [-0.25, -0.2) is 33.5 Å². The minimum Gasteiger partial charge on any atom is -0.387 e. The average Bonchev–Trinajstić information content (AvgIpc) is 3.70. The number of halogens is 1. The van der Waals surface area contributed by atoms with Crippen LogP contribution in [0.5, 0.6) is 0 Å². The van der Waals surface area contributed by atoms with Crippen LogP contribution < -0.4 is 11.5 Å². The van der Waals surface area contributed by atoms with Crippen LogP contribution in [0.4, 0.5) is 10.2 Å². The van der Waals surface area contributed by atoms with Crippen molar-refractivity contribution in [3.63, 3.8) is 0 Å². The highest BCUT2D eigenvalue weighted by Gasteiger charge is 2.49. The normalized spacial score (nSPS) is 32.1.